The van der Waals surface area contributed by atoms with Crippen LogP contribution in [0.1, 0.15) is 29.5 Å². The zero-order chi connectivity index (χ0) is 14.7. The molecular weight excluding hydrogens is 279 g/mol. The third-order valence-electron chi connectivity index (χ3n) is 2.73. The molecule has 0 unspecified atom stereocenters. The molecule has 1 aromatic carbocycles. The van der Waals surface area contributed by atoms with Crippen molar-refractivity contribution in [2.24, 2.45) is 0 Å². The van der Waals surface area contributed by atoms with Gasteiger partial charge in [0.15, 0.2) is 0 Å². The lowest BCUT2D eigenvalue weighted by Crippen LogP contribution is -2.00. The number of rotatable bonds is 4. The van der Waals surface area contributed by atoms with Gasteiger partial charge >= 0.3 is 5.97 Å². The predicted molar refractivity (Wildman–Crippen MR) is 75.8 cm³/mol. The average molecular weight is 292 g/mol. The molecule has 2 rings (SSSR count). The zero-order valence-electron chi connectivity index (χ0n) is 10.8. The topological polar surface area (TPSA) is 66.0 Å². The van der Waals surface area contributed by atoms with Gasteiger partial charge in [0, 0.05) is 17.7 Å². The highest BCUT2D eigenvalue weighted by Crippen LogP contribution is 2.21. The van der Waals surface area contributed by atoms with E-state index in [2.05, 4.69) is 9.97 Å². The van der Waals surface area contributed by atoms with Crippen molar-refractivity contribution >= 4 is 18.2 Å². The maximum atomic E-state index is 13.5. The van der Waals surface area contributed by atoms with Gasteiger partial charge in [-0.15, -0.1) is 0 Å². The molecule has 20 heavy (non-hydrogen) atoms. The van der Waals surface area contributed by atoms with Crippen molar-refractivity contribution in [2.45, 2.75) is 19.8 Å². The van der Waals surface area contributed by atoms with Crippen molar-refractivity contribution in [3.63, 3.8) is 0 Å². The van der Waals surface area contributed by atoms with E-state index in [-0.39, 0.29) is 5.56 Å². The Balaban J connectivity index is 2.56. The molecule has 1 aromatic heterocycles. The lowest BCUT2D eigenvalue weighted by Gasteiger charge is -2.07. The highest BCUT2D eigenvalue weighted by molar-refractivity contribution is 7.71. The number of hydrogen-bond acceptors (Lipinski definition) is 3. The molecule has 4 nitrogen and oxygen atoms in total. The molecule has 104 valence electrons. The van der Waals surface area contributed by atoms with Gasteiger partial charge in [-0.25, -0.2) is 14.2 Å². The van der Waals surface area contributed by atoms with Crippen LogP contribution < -0.4 is 0 Å². The van der Waals surface area contributed by atoms with E-state index in [1.807, 2.05) is 6.92 Å². The lowest BCUT2D eigenvalue weighted by atomic mass is 10.1. The molecule has 0 bridgehead atoms. The fourth-order valence-corrected chi connectivity index (χ4v) is 2.12. The van der Waals surface area contributed by atoms with Crippen LogP contribution in [0.15, 0.2) is 24.3 Å². The summed E-state index contributed by atoms with van der Waals surface area (Å²) in [5, 5.41) is 8.96. The molecule has 2 aromatic rings. The average Bonchev–Trinajstić information content (AvgIpc) is 2.37. The summed E-state index contributed by atoms with van der Waals surface area (Å²) in [5.41, 5.74) is 0.900. The number of aromatic carboxylic acids is 1. The molecule has 0 aliphatic carbocycles. The van der Waals surface area contributed by atoms with Crippen molar-refractivity contribution in [3.05, 3.63) is 46.1 Å². The molecule has 0 amide bonds. The summed E-state index contributed by atoms with van der Waals surface area (Å²) >= 11 is 5.08. The first-order valence-corrected chi connectivity index (χ1v) is 6.55. The highest BCUT2D eigenvalue weighted by Gasteiger charge is 2.09. The van der Waals surface area contributed by atoms with Crippen LogP contribution >= 0.6 is 12.2 Å². The fraction of sp³-hybridized carbons (Fsp3) is 0.214. The van der Waals surface area contributed by atoms with Crippen LogP contribution in [0.5, 0.6) is 0 Å². The van der Waals surface area contributed by atoms with Crippen LogP contribution in [0.4, 0.5) is 4.39 Å². The second-order valence-electron chi connectivity index (χ2n) is 4.36. The minimum atomic E-state index is -1.17. The Kier molecular flexibility index (Phi) is 4.24. The molecule has 0 atom stereocenters. The van der Waals surface area contributed by atoms with Crippen molar-refractivity contribution < 1.29 is 14.3 Å². The number of H-pyrrole nitrogens is 1. The molecule has 2 N–H and O–H groups in total. The van der Waals surface area contributed by atoms with Gasteiger partial charge in [0.2, 0.25) is 0 Å². The van der Waals surface area contributed by atoms with Gasteiger partial charge in [0.05, 0.1) is 5.56 Å². The minimum absolute atomic E-state index is 0.104. The van der Waals surface area contributed by atoms with E-state index in [1.54, 1.807) is 6.07 Å². The van der Waals surface area contributed by atoms with Crippen molar-refractivity contribution in [3.8, 4) is 11.3 Å². The van der Waals surface area contributed by atoms with Crippen LogP contribution in [0.2, 0.25) is 0 Å². The summed E-state index contributed by atoms with van der Waals surface area (Å²) in [6.07, 6.45) is 1.61. The Hall–Kier alpha value is -2.08. The molecule has 0 aliphatic rings. The summed E-state index contributed by atoms with van der Waals surface area (Å²) in [7, 11) is 0. The van der Waals surface area contributed by atoms with Crippen LogP contribution in [0, 0.1) is 10.5 Å². The Morgan fingerprint density at radius 2 is 2.15 bits per heavy atom. The fourth-order valence-electron chi connectivity index (χ4n) is 1.89. The summed E-state index contributed by atoms with van der Waals surface area (Å²) in [6.45, 7) is 2.01. The summed E-state index contributed by atoms with van der Waals surface area (Å²) in [4.78, 5) is 18.2. The highest BCUT2D eigenvalue weighted by atomic mass is 32.1. The first-order valence-electron chi connectivity index (χ1n) is 6.14. The van der Waals surface area contributed by atoms with Crippen molar-refractivity contribution in [1.82, 2.24) is 9.97 Å². The number of nitrogens with zero attached hydrogens (tertiary/aromatic N) is 1. The number of aromatic nitrogens is 2. The first kappa shape index (κ1) is 14.3. The number of hydrogen-bond donors (Lipinski definition) is 2. The third-order valence-corrected chi connectivity index (χ3v) is 2.94. The molecular formula is C14H13FN2O2S. The van der Waals surface area contributed by atoms with Gasteiger partial charge in [-0.3, -0.25) is 0 Å². The molecule has 0 radical (unpaired) electrons. The minimum Gasteiger partial charge on any atom is -0.478 e. The Morgan fingerprint density at radius 3 is 2.80 bits per heavy atom. The molecule has 0 spiro atoms. The predicted octanol–water partition coefficient (Wildman–Crippen LogP) is 3.60. The summed E-state index contributed by atoms with van der Waals surface area (Å²) < 4.78 is 13.9. The number of carboxylic acids is 1. The van der Waals surface area contributed by atoms with E-state index >= 15 is 0 Å². The largest absolute Gasteiger partial charge is 0.478 e. The Labute approximate surface area is 120 Å². The molecule has 0 fully saturated rings. The Bertz CT molecular complexity index is 713. The molecule has 6 heteroatoms. The third kappa shape index (κ3) is 3.27. The molecule has 0 aliphatic heterocycles. The first-order chi connectivity index (χ1) is 9.49. The second kappa shape index (κ2) is 5.92. The standard InChI is InChI=1S/C14H13FN2O2S/c1-2-3-12-16-11(7-13(20)17-12)8-4-9(14(18)19)6-10(15)5-8/h4-7H,2-3H2,1H3,(H,18,19)(H,16,17,20). The zero-order valence-corrected chi connectivity index (χ0v) is 11.6. The van der Waals surface area contributed by atoms with Crippen LogP contribution in [-0.4, -0.2) is 21.0 Å². The smallest absolute Gasteiger partial charge is 0.335 e. The van der Waals surface area contributed by atoms with Crippen LogP contribution in [0.25, 0.3) is 11.3 Å². The van der Waals surface area contributed by atoms with Gasteiger partial charge in [0.1, 0.15) is 16.3 Å². The number of aryl methyl sites for hydroxylation is 1. The number of nitrogens with one attached hydrogen (secondary N) is 1. The van der Waals surface area contributed by atoms with Gasteiger partial charge in [-0.2, -0.15) is 0 Å². The van der Waals surface area contributed by atoms with E-state index in [4.69, 9.17) is 17.3 Å². The van der Waals surface area contributed by atoms with Gasteiger partial charge in [0.25, 0.3) is 0 Å². The van der Waals surface area contributed by atoms with E-state index in [0.717, 1.165) is 18.9 Å². The van der Waals surface area contributed by atoms with Crippen LogP contribution in [0.3, 0.4) is 0 Å². The number of carboxylic acid groups (broad SMARTS) is 1. The maximum absolute atomic E-state index is 13.5. The normalized spacial score (nSPS) is 10.5. The quantitative estimate of drug-likeness (QED) is 0.845. The maximum Gasteiger partial charge on any atom is 0.335 e. The molecule has 0 saturated heterocycles. The number of halogens is 1. The summed E-state index contributed by atoms with van der Waals surface area (Å²) in [5.74, 6) is -1.07. The van der Waals surface area contributed by atoms with E-state index < -0.39 is 11.8 Å². The van der Waals surface area contributed by atoms with Crippen molar-refractivity contribution in [2.75, 3.05) is 0 Å². The molecule has 0 saturated carbocycles. The van der Waals surface area contributed by atoms with Crippen molar-refractivity contribution in [1.29, 1.82) is 0 Å². The van der Waals surface area contributed by atoms with E-state index in [1.165, 1.54) is 12.1 Å². The van der Waals surface area contributed by atoms with Crippen LogP contribution in [-0.2, 0) is 6.42 Å². The lowest BCUT2D eigenvalue weighted by molar-refractivity contribution is 0.0696. The number of aromatic amines is 1. The number of carbonyl (C=O) groups is 1. The van der Waals surface area contributed by atoms with Gasteiger partial charge in [-0.1, -0.05) is 19.1 Å². The van der Waals surface area contributed by atoms with E-state index in [9.17, 15) is 9.18 Å². The monoisotopic (exact) mass is 292 g/mol. The number of benzene rings is 1. The second-order valence-corrected chi connectivity index (χ2v) is 4.78. The van der Waals surface area contributed by atoms with Gasteiger partial charge < -0.3 is 10.1 Å². The van der Waals surface area contributed by atoms with E-state index in [0.29, 0.717) is 21.7 Å². The molecule has 1 heterocycles. The SMILES string of the molecule is CCCc1nc(=S)cc(-c2cc(F)cc(C(=O)O)c2)[nH]1. The van der Waals surface area contributed by atoms with Gasteiger partial charge in [-0.05, 0) is 30.7 Å². The summed E-state index contributed by atoms with van der Waals surface area (Å²) in [6, 6.07) is 5.24. The Morgan fingerprint density at radius 1 is 1.40 bits per heavy atom.